The van der Waals surface area contributed by atoms with Gasteiger partial charge in [0, 0.05) is 27.3 Å². The predicted octanol–water partition coefficient (Wildman–Crippen LogP) is 12.9. The van der Waals surface area contributed by atoms with Gasteiger partial charge >= 0.3 is 0 Å². The van der Waals surface area contributed by atoms with E-state index in [9.17, 15) is 0 Å². The van der Waals surface area contributed by atoms with E-state index in [0.717, 1.165) is 33.2 Å². The molecular weight excluding hydrogens is 633 g/mol. The van der Waals surface area contributed by atoms with Crippen molar-refractivity contribution in [3.8, 4) is 56.0 Å². The third-order valence-electron chi connectivity index (χ3n) is 12.5. The SMILES string of the molecule is CC1(C)c2ccccc2-c2cc3c(cc21)-c1cc(-c2ccc(-c4nc(-c5ccccc5)c5c(n4)oc4ccccc45)cc2)ccc1C31CCCCC1. The Morgan fingerprint density at radius 3 is 2.02 bits per heavy atom. The maximum absolute atomic E-state index is 6.30. The van der Waals surface area contributed by atoms with Crippen LogP contribution in [0.1, 0.15) is 68.2 Å². The summed E-state index contributed by atoms with van der Waals surface area (Å²) in [6.07, 6.45) is 6.36. The molecule has 0 radical (unpaired) electrons. The summed E-state index contributed by atoms with van der Waals surface area (Å²) in [6.45, 7) is 4.79. The molecule has 0 amide bonds. The fourth-order valence-corrected chi connectivity index (χ4v) is 9.94. The molecule has 1 saturated carbocycles. The van der Waals surface area contributed by atoms with E-state index in [-0.39, 0.29) is 10.8 Å². The fourth-order valence-electron chi connectivity index (χ4n) is 9.94. The lowest BCUT2D eigenvalue weighted by Crippen LogP contribution is -2.28. The van der Waals surface area contributed by atoms with Gasteiger partial charge in [0.1, 0.15) is 5.58 Å². The van der Waals surface area contributed by atoms with Crippen molar-refractivity contribution >= 4 is 22.1 Å². The summed E-state index contributed by atoms with van der Waals surface area (Å²) in [6, 6.07) is 48.7. The van der Waals surface area contributed by atoms with Crippen molar-refractivity contribution in [1.82, 2.24) is 9.97 Å². The molecule has 6 aromatic carbocycles. The van der Waals surface area contributed by atoms with Gasteiger partial charge in [-0.05, 0) is 92.7 Å². The molecule has 1 spiro atoms. The number of fused-ring (bicyclic) bond motifs is 11. The highest BCUT2D eigenvalue weighted by Gasteiger charge is 2.46. The van der Waals surface area contributed by atoms with E-state index in [1.54, 1.807) is 5.56 Å². The topological polar surface area (TPSA) is 38.9 Å². The average Bonchev–Trinajstić information content (AvgIpc) is 3.78. The van der Waals surface area contributed by atoms with E-state index >= 15 is 0 Å². The van der Waals surface area contributed by atoms with Gasteiger partial charge in [-0.25, -0.2) is 4.98 Å². The van der Waals surface area contributed by atoms with E-state index in [2.05, 4.69) is 123 Å². The highest BCUT2D eigenvalue weighted by molar-refractivity contribution is 6.10. The van der Waals surface area contributed by atoms with Gasteiger partial charge in [0.15, 0.2) is 5.82 Å². The number of hydrogen-bond donors (Lipinski definition) is 0. The van der Waals surface area contributed by atoms with Crippen molar-refractivity contribution in [2.45, 2.75) is 56.8 Å². The van der Waals surface area contributed by atoms with Gasteiger partial charge in [-0.2, -0.15) is 4.98 Å². The minimum absolute atomic E-state index is 0.0231. The van der Waals surface area contributed by atoms with Crippen LogP contribution in [0.3, 0.4) is 0 Å². The summed E-state index contributed by atoms with van der Waals surface area (Å²) in [5.41, 5.74) is 18.5. The van der Waals surface area contributed by atoms with Gasteiger partial charge in [0.2, 0.25) is 5.71 Å². The van der Waals surface area contributed by atoms with Crippen LogP contribution in [0, 0.1) is 0 Å². The molecule has 1 fully saturated rings. The van der Waals surface area contributed by atoms with Crippen LogP contribution in [0.2, 0.25) is 0 Å². The van der Waals surface area contributed by atoms with Crippen LogP contribution < -0.4 is 0 Å². The van der Waals surface area contributed by atoms with Crippen molar-refractivity contribution < 1.29 is 4.42 Å². The summed E-state index contributed by atoms with van der Waals surface area (Å²) in [7, 11) is 0. The number of furan rings is 1. The molecule has 52 heavy (non-hydrogen) atoms. The molecule has 250 valence electrons. The van der Waals surface area contributed by atoms with Crippen LogP contribution in [0.5, 0.6) is 0 Å². The van der Waals surface area contributed by atoms with Crippen molar-refractivity contribution in [3.05, 3.63) is 156 Å². The Labute approximate surface area is 304 Å². The lowest BCUT2D eigenvalue weighted by molar-refractivity contribution is 0.353. The first-order valence-electron chi connectivity index (χ1n) is 18.8. The van der Waals surface area contributed by atoms with Crippen molar-refractivity contribution in [2.24, 2.45) is 0 Å². The summed E-state index contributed by atoms with van der Waals surface area (Å²) in [5, 5.41) is 1.98. The molecule has 3 heteroatoms. The molecule has 2 aromatic heterocycles. The lowest BCUT2D eigenvalue weighted by Gasteiger charge is -2.36. The predicted molar refractivity (Wildman–Crippen MR) is 212 cm³/mol. The van der Waals surface area contributed by atoms with E-state index in [0.29, 0.717) is 11.5 Å². The van der Waals surface area contributed by atoms with E-state index < -0.39 is 0 Å². The number of benzene rings is 6. The Hall–Kier alpha value is -5.80. The average molecular weight is 671 g/mol. The Kier molecular flexibility index (Phi) is 6.24. The van der Waals surface area contributed by atoms with Gasteiger partial charge in [-0.1, -0.05) is 142 Å². The summed E-state index contributed by atoms with van der Waals surface area (Å²) < 4.78 is 6.30. The highest BCUT2D eigenvalue weighted by Crippen LogP contribution is 2.60. The van der Waals surface area contributed by atoms with Crippen LogP contribution in [0.4, 0.5) is 0 Å². The first-order chi connectivity index (χ1) is 25.5. The van der Waals surface area contributed by atoms with Crippen LogP contribution in [0.15, 0.2) is 138 Å². The minimum atomic E-state index is -0.0231. The Balaban J connectivity index is 1.02. The molecule has 8 aromatic rings. The maximum atomic E-state index is 6.30. The Bertz CT molecular complexity index is 2730. The van der Waals surface area contributed by atoms with Crippen LogP contribution in [-0.2, 0) is 10.8 Å². The summed E-state index contributed by atoms with van der Waals surface area (Å²) >= 11 is 0. The van der Waals surface area contributed by atoms with Gasteiger partial charge in [0.25, 0.3) is 0 Å². The van der Waals surface area contributed by atoms with Crippen LogP contribution >= 0.6 is 0 Å². The molecule has 3 aliphatic rings. The third-order valence-corrected chi connectivity index (χ3v) is 12.5. The number of hydrogen-bond acceptors (Lipinski definition) is 3. The van der Waals surface area contributed by atoms with Gasteiger partial charge in [-0.3, -0.25) is 0 Å². The molecule has 0 unspecified atom stereocenters. The van der Waals surface area contributed by atoms with Gasteiger partial charge in [0.05, 0.1) is 11.1 Å². The largest absolute Gasteiger partial charge is 0.438 e. The Morgan fingerprint density at radius 1 is 0.500 bits per heavy atom. The van der Waals surface area contributed by atoms with E-state index in [1.165, 1.54) is 82.2 Å². The minimum Gasteiger partial charge on any atom is -0.438 e. The zero-order chi connectivity index (χ0) is 34.6. The second-order valence-electron chi connectivity index (χ2n) is 15.6. The lowest BCUT2D eigenvalue weighted by atomic mass is 9.67. The Morgan fingerprint density at radius 2 is 1.17 bits per heavy atom. The molecule has 0 saturated heterocycles. The number of aromatic nitrogens is 2. The first kappa shape index (κ1) is 29.9. The molecular formula is C49H38N2O. The highest BCUT2D eigenvalue weighted by atomic mass is 16.3. The van der Waals surface area contributed by atoms with Crippen LogP contribution in [-0.4, -0.2) is 9.97 Å². The molecule has 3 nitrogen and oxygen atoms in total. The molecule has 0 N–H and O–H groups in total. The molecule has 3 aliphatic carbocycles. The molecule has 11 rings (SSSR count). The second-order valence-corrected chi connectivity index (χ2v) is 15.6. The number of para-hydroxylation sites is 1. The summed E-state index contributed by atoms with van der Waals surface area (Å²) in [4.78, 5) is 10.1. The normalized spacial score (nSPS) is 16.2. The zero-order valence-electron chi connectivity index (χ0n) is 29.5. The second kappa shape index (κ2) is 10.9. The van der Waals surface area contributed by atoms with Crippen molar-refractivity contribution in [1.29, 1.82) is 0 Å². The maximum Gasteiger partial charge on any atom is 0.231 e. The van der Waals surface area contributed by atoms with E-state index in [1.807, 2.05) is 24.3 Å². The molecule has 2 heterocycles. The number of rotatable bonds is 3. The van der Waals surface area contributed by atoms with Gasteiger partial charge in [-0.15, -0.1) is 0 Å². The van der Waals surface area contributed by atoms with Crippen molar-refractivity contribution in [3.63, 3.8) is 0 Å². The van der Waals surface area contributed by atoms with Crippen molar-refractivity contribution in [2.75, 3.05) is 0 Å². The molecule has 0 atom stereocenters. The fraction of sp³-hybridized carbons (Fsp3) is 0.184. The van der Waals surface area contributed by atoms with E-state index in [4.69, 9.17) is 14.4 Å². The first-order valence-corrected chi connectivity index (χ1v) is 18.8. The van der Waals surface area contributed by atoms with Gasteiger partial charge < -0.3 is 4.42 Å². The smallest absolute Gasteiger partial charge is 0.231 e. The molecule has 0 aliphatic heterocycles. The third kappa shape index (κ3) is 4.14. The standard InChI is InChI=1S/C49H38N2O/c1-48(2)39-17-9-7-15-34(39)37-29-42-38(28-41(37)48)36-27-33(23-24-40(36)49(42)25-11-4-12-26-49)30-19-21-32(22-20-30)46-50-45(31-13-5-3-6-14-31)44-35-16-8-10-18-43(35)52-47(44)51-46/h3,5-10,13-24,27-29H,4,11-12,25-26H2,1-2H3. The zero-order valence-corrected chi connectivity index (χ0v) is 29.5. The number of nitrogens with zero attached hydrogens (tertiary/aromatic N) is 2. The monoisotopic (exact) mass is 670 g/mol. The summed E-state index contributed by atoms with van der Waals surface area (Å²) in [5.74, 6) is 0.663. The quantitative estimate of drug-likeness (QED) is 0.188. The molecule has 0 bridgehead atoms. The van der Waals surface area contributed by atoms with Crippen LogP contribution in [0.25, 0.3) is 78.1 Å².